The van der Waals surface area contributed by atoms with E-state index in [4.69, 9.17) is 5.73 Å². The van der Waals surface area contributed by atoms with Crippen molar-refractivity contribution in [2.75, 3.05) is 0 Å². The number of nitrogens with two attached hydrogens (primary N) is 1. The smallest absolute Gasteiger partial charge is 0.223 e. The number of primary amides is 1. The molecule has 2 N–H and O–H groups in total. The topological polar surface area (TPSA) is 43.1 Å². The van der Waals surface area contributed by atoms with E-state index in [-0.39, 0.29) is 0 Å². The SMILES string of the molecule is NC(=O)[C@@H]1CC1F. The third-order valence-corrected chi connectivity index (χ3v) is 1.08. The van der Waals surface area contributed by atoms with Crippen molar-refractivity contribution in [3.63, 3.8) is 0 Å². The van der Waals surface area contributed by atoms with Gasteiger partial charge in [0.2, 0.25) is 5.91 Å². The molecule has 1 unspecified atom stereocenters. The normalized spacial score (nSPS) is 37.9. The van der Waals surface area contributed by atoms with Gasteiger partial charge in [0.05, 0.1) is 5.92 Å². The van der Waals surface area contributed by atoms with Crippen molar-refractivity contribution < 1.29 is 9.18 Å². The maximum absolute atomic E-state index is 11.7. The molecule has 0 radical (unpaired) electrons. The van der Waals surface area contributed by atoms with Crippen molar-refractivity contribution in [3.8, 4) is 0 Å². The first-order valence-electron chi connectivity index (χ1n) is 2.15. The third-order valence-electron chi connectivity index (χ3n) is 1.08. The van der Waals surface area contributed by atoms with Gasteiger partial charge in [0.25, 0.3) is 0 Å². The van der Waals surface area contributed by atoms with E-state index in [9.17, 15) is 9.18 Å². The molecule has 0 aliphatic heterocycles. The summed E-state index contributed by atoms with van der Waals surface area (Å²) in [5.74, 6) is -0.965. The fraction of sp³-hybridized carbons (Fsp3) is 0.750. The van der Waals surface area contributed by atoms with Crippen molar-refractivity contribution in [3.05, 3.63) is 0 Å². The van der Waals surface area contributed by atoms with E-state index < -0.39 is 18.0 Å². The van der Waals surface area contributed by atoms with Gasteiger partial charge in [-0.1, -0.05) is 0 Å². The van der Waals surface area contributed by atoms with Crippen LogP contribution in [0.5, 0.6) is 0 Å². The standard InChI is InChI=1S/C4H6FNO/c5-3-1-2(3)4(6)7/h2-3H,1H2,(H2,6,7)/t2-,3?/m1/s1. The van der Waals surface area contributed by atoms with Gasteiger partial charge in [-0.15, -0.1) is 0 Å². The summed E-state index contributed by atoms with van der Waals surface area (Å²) in [6, 6.07) is 0. The van der Waals surface area contributed by atoms with Crippen molar-refractivity contribution in [2.24, 2.45) is 11.7 Å². The molecule has 0 aromatic rings. The van der Waals surface area contributed by atoms with Crippen molar-refractivity contribution in [2.45, 2.75) is 12.6 Å². The zero-order valence-electron chi connectivity index (χ0n) is 3.73. The van der Waals surface area contributed by atoms with Crippen LogP contribution >= 0.6 is 0 Å². The van der Waals surface area contributed by atoms with Crippen molar-refractivity contribution in [1.82, 2.24) is 0 Å². The van der Waals surface area contributed by atoms with Gasteiger partial charge < -0.3 is 5.73 Å². The van der Waals surface area contributed by atoms with E-state index in [1.807, 2.05) is 0 Å². The van der Waals surface area contributed by atoms with Gasteiger partial charge in [-0.25, -0.2) is 4.39 Å². The second-order valence-corrected chi connectivity index (χ2v) is 1.76. The molecule has 0 bridgehead atoms. The van der Waals surface area contributed by atoms with Crippen LogP contribution in [0.2, 0.25) is 0 Å². The average Bonchev–Trinajstić information content (AvgIpc) is 2.17. The lowest BCUT2D eigenvalue weighted by molar-refractivity contribution is -0.119. The van der Waals surface area contributed by atoms with Crippen LogP contribution in [0.3, 0.4) is 0 Å². The summed E-state index contributed by atoms with van der Waals surface area (Å²) in [6.45, 7) is 0. The zero-order valence-corrected chi connectivity index (χ0v) is 3.73. The van der Waals surface area contributed by atoms with Gasteiger partial charge in [0.1, 0.15) is 6.17 Å². The maximum atomic E-state index is 11.7. The first-order chi connectivity index (χ1) is 3.22. The second kappa shape index (κ2) is 1.18. The van der Waals surface area contributed by atoms with E-state index in [2.05, 4.69) is 0 Å². The number of amides is 1. The van der Waals surface area contributed by atoms with Crippen LogP contribution in [0.1, 0.15) is 6.42 Å². The van der Waals surface area contributed by atoms with Gasteiger partial charge in [-0.3, -0.25) is 4.79 Å². The number of carbonyl (C=O) groups is 1. The Bertz CT molecular complexity index is 104. The molecule has 1 amide bonds. The van der Waals surface area contributed by atoms with Gasteiger partial charge in [0.15, 0.2) is 0 Å². The molecule has 7 heavy (non-hydrogen) atoms. The predicted molar refractivity (Wildman–Crippen MR) is 22.2 cm³/mol. The minimum absolute atomic E-state index is 0.343. The molecular weight excluding hydrogens is 97.0 g/mol. The zero-order chi connectivity index (χ0) is 5.44. The molecular formula is C4H6FNO. The molecule has 1 saturated carbocycles. The fourth-order valence-electron chi connectivity index (χ4n) is 0.458. The largest absolute Gasteiger partial charge is 0.369 e. The highest BCUT2D eigenvalue weighted by Crippen LogP contribution is 2.32. The number of hydrogen-bond acceptors (Lipinski definition) is 1. The summed E-state index contributed by atoms with van der Waals surface area (Å²) >= 11 is 0. The van der Waals surface area contributed by atoms with Crippen LogP contribution in [0, 0.1) is 5.92 Å². The van der Waals surface area contributed by atoms with E-state index in [0.717, 1.165) is 0 Å². The van der Waals surface area contributed by atoms with Gasteiger partial charge in [-0.05, 0) is 6.42 Å². The Labute approximate surface area is 40.5 Å². The summed E-state index contributed by atoms with van der Waals surface area (Å²) in [5.41, 5.74) is 4.71. The first kappa shape index (κ1) is 4.56. The van der Waals surface area contributed by atoms with Crippen LogP contribution in [-0.2, 0) is 4.79 Å². The number of alkyl halides is 1. The lowest BCUT2D eigenvalue weighted by atomic mass is 10.4. The molecule has 3 heteroatoms. The Hall–Kier alpha value is -0.600. The van der Waals surface area contributed by atoms with E-state index >= 15 is 0 Å². The minimum Gasteiger partial charge on any atom is -0.369 e. The summed E-state index contributed by atoms with van der Waals surface area (Å²) in [5, 5.41) is 0. The molecule has 0 spiro atoms. The lowest BCUT2D eigenvalue weighted by Gasteiger charge is -1.79. The predicted octanol–water partition coefficient (Wildman–Crippen LogP) is -0.170. The average molecular weight is 103 g/mol. The third kappa shape index (κ3) is 0.706. The quantitative estimate of drug-likeness (QED) is 0.492. The van der Waals surface area contributed by atoms with Crippen LogP contribution in [0.15, 0.2) is 0 Å². The summed E-state index contributed by atoms with van der Waals surface area (Å²) in [7, 11) is 0. The molecule has 40 valence electrons. The highest BCUT2D eigenvalue weighted by Gasteiger charge is 2.42. The van der Waals surface area contributed by atoms with Crippen LogP contribution < -0.4 is 5.73 Å². The highest BCUT2D eigenvalue weighted by molar-refractivity contribution is 5.80. The molecule has 1 aliphatic rings. The number of halogens is 1. The Kier molecular flexibility index (Phi) is 0.770. The van der Waals surface area contributed by atoms with Crippen molar-refractivity contribution >= 4 is 5.91 Å². The molecule has 1 rings (SSSR count). The molecule has 1 aliphatic carbocycles. The Morgan fingerprint density at radius 2 is 2.29 bits per heavy atom. The van der Waals surface area contributed by atoms with Crippen LogP contribution in [-0.4, -0.2) is 12.1 Å². The summed E-state index contributed by atoms with van der Waals surface area (Å²) in [4.78, 5) is 9.95. The number of rotatable bonds is 1. The second-order valence-electron chi connectivity index (χ2n) is 1.76. The molecule has 0 aromatic carbocycles. The maximum Gasteiger partial charge on any atom is 0.223 e. The molecule has 0 saturated heterocycles. The Morgan fingerprint density at radius 3 is 2.29 bits per heavy atom. The van der Waals surface area contributed by atoms with Gasteiger partial charge in [-0.2, -0.15) is 0 Å². The number of carbonyl (C=O) groups excluding carboxylic acids is 1. The molecule has 0 aromatic heterocycles. The molecule has 1 fully saturated rings. The van der Waals surface area contributed by atoms with E-state index in [0.29, 0.717) is 6.42 Å². The molecule has 0 heterocycles. The fourth-order valence-corrected chi connectivity index (χ4v) is 0.458. The molecule has 2 atom stereocenters. The van der Waals surface area contributed by atoms with Crippen molar-refractivity contribution in [1.29, 1.82) is 0 Å². The Morgan fingerprint density at radius 1 is 1.86 bits per heavy atom. The van der Waals surface area contributed by atoms with Crippen LogP contribution in [0.25, 0.3) is 0 Å². The van der Waals surface area contributed by atoms with Gasteiger partial charge in [0, 0.05) is 0 Å². The van der Waals surface area contributed by atoms with E-state index in [1.165, 1.54) is 0 Å². The summed E-state index contributed by atoms with van der Waals surface area (Å²) < 4.78 is 11.7. The first-order valence-corrected chi connectivity index (χ1v) is 2.15. The summed E-state index contributed by atoms with van der Waals surface area (Å²) in [6.07, 6.45) is -0.590. The lowest BCUT2D eigenvalue weighted by Crippen LogP contribution is -2.13. The minimum atomic E-state index is -0.933. The Balaban J connectivity index is 2.33. The number of hydrogen-bond donors (Lipinski definition) is 1. The van der Waals surface area contributed by atoms with Crippen LogP contribution in [0.4, 0.5) is 4.39 Å². The monoisotopic (exact) mass is 103 g/mol. The van der Waals surface area contributed by atoms with E-state index in [1.54, 1.807) is 0 Å². The van der Waals surface area contributed by atoms with Gasteiger partial charge >= 0.3 is 0 Å². The molecule has 2 nitrogen and oxygen atoms in total. The highest BCUT2D eigenvalue weighted by atomic mass is 19.1.